The second-order valence-electron chi connectivity index (χ2n) is 6.63. The fraction of sp³-hybridized carbons (Fsp3) is 0.300. The van der Waals surface area contributed by atoms with E-state index in [0.717, 1.165) is 27.5 Å². The molecule has 2 heterocycles. The number of H-pyrrole nitrogens is 1. The molecule has 4 rings (SSSR count). The molecule has 0 radical (unpaired) electrons. The van der Waals surface area contributed by atoms with Crippen LogP contribution in [0.25, 0.3) is 21.8 Å². The third kappa shape index (κ3) is 3.05. The van der Waals surface area contributed by atoms with Crippen molar-refractivity contribution in [2.45, 2.75) is 31.7 Å². The zero-order valence-corrected chi connectivity index (χ0v) is 14.8. The Morgan fingerprint density at radius 2 is 2.11 bits per heavy atom. The molecule has 0 spiro atoms. The predicted octanol–water partition coefficient (Wildman–Crippen LogP) is 3.97. The number of ether oxygens (including phenoxy) is 1. The van der Waals surface area contributed by atoms with Crippen LogP contribution < -0.4 is 0 Å². The first-order valence-electron chi connectivity index (χ1n) is 8.98. The van der Waals surface area contributed by atoms with Crippen molar-refractivity contribution in [3.63, 3.8) is 0 Å². The van der Waals surface area contributed by atoms with Gasteiger partial charge in [0.25, 0.3) is 0 Å². The van der Waals surface area contributed by atoms with E-state index in [2.05, 4.69) is 9.97 Å². The maximum absolute atomic E-state index is 12.3. The van der Waals surface area contributed by atoms with Crippen LogP contribution in [-0.2, 0) is 4.74 Å². The molecule has 2 atom stereocenters. The summed E-state index contributed by atoms with van der Waals surface area (Å²) in [5.74, 6) is -0.556. The van der Waals surface area contributed by atoms with Crippen LogP contribution in [0.5, 0.6) is 0 Å². The number of esters is 1. The van der Waals surface area contributed by atoms with Crippen LogP contribution >= 0.6 is 0 Å². The van der Waals surface area contributed by atoms with Crippen LogP contribution in [0.4, 0.5) is 0 Å². The minimum absolute atomic E-state index is 0.0915. The molecule has 27 heavy (non-hydrogen) atoms. The SMILES string of the molecule is CCOC(=O)c1cc2c([nH]c3ccccc32)c(C2C=CC([N+](=O)[O-])CC2)n1. The molecule has 1 aliphatic rings. The highest BCUT2D eigenvalue weighted by atomic mass is 16.6. The second kappa shape index (κ2) is 6.83. The molecular weight excluding hydrogens is 346 g/mol. The minimum Gasteiger partial charge on any atom is -0.461 e. The van der Waals surface area contributed by atoms with Gasteiger partial charge in [-0.2, -0.15) is 0 Å². The summed E-state index contributed by atoms with van der Waals surface area (Å²) in [6.07, 6.45) is 4.51. The monoisotopic (exact) mass is 365 g/mol. The van der Waals surface area contributed by atoms with Gasteiger partial charge in [0.05, 0.1) is 17.8 Å². The van der Waals surface area contributed by atoms with Crippen molar-refractivity contribution in [1.29, 1.82) is 0 Å². The van der Waals surface area contributed by atoms with Crippen LogP contribution in [0.2, 0.25) is 0 Å². The average molecular weight is 365 g/mol. The van der Waals surface area contributed by atoms with Gasteiger partial charge >= 0.3 is 5.97 Å². The van der Waals surface area contributed by atoms with Crippen molar-refractivity contribution in [1.82, 2.24) is 9.97 Å². The van der Waals surface area contributed by atoms with Gasteiger partial charge in [-0.05, 0) is 31.6 Å². The van der Waals surface area contributed by atoms with Crippen LogP contribution in [0.3, 0.4) is 0 Å². The number of rotatable bonds is 4. The van der Waals surface area contributed by atoms with Gasteiger partial charge < -0.3 is 9.72 Å². The Hall–Kier alpha value is -3.22. The minimum atomic E-state index is -0.660. The number of hydrogen-bond donors (Lipinski definition) is 1. The summed E-state index contributed by atoms with van der Waals surface area (Å²) in [7, 11) is 0. The number of hydrogen-bond acceptors (Lipinski definition) is 5. The smallest absolute Gasteiger partial charge is 0.356 e. The van der Waals surface area contributed by atoms with Gasteiger partial charge in [0.2, 0.25) is 6.04 Å². The maximum atomic E-state index is 12.3. The molecule has 2 unspecified atom stereocenters. The van der Waals surface area contributed by atoms with E-state index in [4.69, 9.17) is 4.74 Å². The van der Waals surface area contributed by atoms with Gasteiger partial charge in [-0.3, -0.25) is 10.1 Å². The number of para-hydroxylation sites is 1. The van der Waals surface area contributed by atoms with Crippen LogP contribution in [0.1, 0.15) is 41.9 Å². The van der Waals surface area contributed by atoms with Crippen molar-refractivity contribution in [3.8, 4) is 0 Å². The summed E-state index contributed by atoms with van der Waals surface area (Å²) in [5.41, 5.74) is 2.80. The summed E-state index contributed by atoms with van der Waals surface area (Å²) in [6.45, 7) is 2.03. The Bertz CT molecular complexity index is 1070. The first-order valence-corrected chi connectivity index (χ1v) is 8.98. The summed E-state index contributed by atoms with van der Waals surface area (Å²) in [5, 5.41) is 12.9. The summed E-state index contributed by atoms with van der Waals surface area (Å²) >= 11 is 0. The lowest BCUT2D eigenvalue weighted by atomic mass is 9.89. The van der Waals surface area contributed by atoms with Crippen LogP contribution in [0, 0.1) is 10.1 Å². The Morgan fingerprint density at radius 1 is 1.30 bits per heavy atom. The van der Waals surface area contributed by atoms with Gasteiger partial charge in [-0.25, -0.2) is 9.78 Å². The molecule has 0 bridgehead atoms. The molecule has 0 saturated heterocycles. The Kier molecular flexibility index (Phi) is 4.35. The summed E-state index contributed by atoms with van der Waals surface area (Å²) < 4.78 is 5.14. The van der Waals surface area contributed by atoms with Crippen molar-refractivity contribution >= 4 is 27.8 Å². The Labute approximate surface area is 155 Å². The first-order chi connectivity index (χ1) is 13.1. The topological polar surface area (TPSA) is 98.1 Å². The van der Waals surface area contributed by atoms with E-state index in [0.29, 0.717) is 12.8 Å². The van der Waals surface area contributed by atoms with Crippen molar-refractivity contribution in [3.05, 3.63) is 64.0 Å². The number of nitrogens with one attached hydrogen (secondary N) is 1. The number of carbonyl (C=O) groups is 1. The molecule has 3 aromatic rings. The average Bonchev–Trinajstić information content (AvgIpc) is 3.06. The molecule has 0 amide bonds. The molecule has 1 aromatic carbocycles. The number of nitrogens with zero attached hydrogens (tertiary/aromatic N) is 2. The number of aromatic amines is 1. The third-order valence-corrected chi connectivity index (χ3v) is 4.97. The van der Waals surface area contributed by atoms with E-state index in [9.17, 15) is 14.9 Å². The van der Waals surface area contributed by atoms with Crippen molar-refractivity contribution < 1.29 is 14.5 Å². The number of allylic oxidation sites excluding steroid dienone is 1. The normalized spacial score (nSPS) is 19.4. The van der Waals surface area contributed by atoms with Gasteiger partial charge in [0.1, 0.15) is 5.69 Å². The standard InChI is InChI=1S/C20H19N3O4/c1-2-27-20(24)17-11-15-14-5-3-4-6-16(14)21-19(15)18(22-17)12-7-9-13(10-8-12)23(25)26/h3-7,9,11-13,21H,2,8,10H2,1H3. The van der Waals surface area contributed by atoms with E-state index in [1.165, 1.54) is 0 Å². The second-order valence-corrected chi connectivity index (χ2v) is 6.63. The lowest BCUT2D eigenvalue weighted by Crippen LogP contribution is -2.21. The molecule has 138 valence electrons. The number of fused-ring (bicyclic) bond motifs is 3. The number of benzene rings is 1. The molecule has 7 nitrogen and oxygen atoms in total. The number of pyridine rings is 1. The molecule has 2 aromatic heterocycles. The van der Waals surface area contributed by atoms with E-state index >= 15 is 0 Å². The van der Waals surface area contributed by atoms with Gasteiger partial charge in [-0.1, -0.05) is 24.3 Å². The molecule has 1 aliphatic carbocycles. The lowest BCUT2D eigenvalue weighted by molar-refractivity contribution is -0.510. The van der Waals surface area contributed by atoms with E-state index in [1.54, 1.807) is 19.1 Å². The van der Waals surface area contributed by atoms with Crippen molar-refractivity contribution in [2.24, 2.45) is 0 Å². The molecule has 7 heteroatoms. The number of aromatic nitrogens is 2. The Morgan fingerprint density at radius 3 is 2.81 bits per heavy atom. The van der Waals surface area contributed by atoms with E-state index in [-0.39, 0.29) is 23.1 Å². The van der Waals surface area contributed by atoms with Gasteiger partial charge in [0.15, 0.2) is 0 Å². The highest BCUT2D eigenvalue weighted by Gasteiger charge is 2.27. The summed E-state index contributed by atoms with van der Waals surface area (Å²) in [4.78, 5) is 31.0. The van der Waals surface area contributed by atoms with Crippen LogP contribution in [-0.4, -0.2) is 33.5 Å². The zero-order valence-electron chi connectivity index (χ0n) is 14.8. The lowest BCUT2D eigenvalue weighted by Gasteiger charge is -2.19. The quantitative estimate of drug-likeness (QED) is 0.326. The van der Waals surface area contributed by atoms with Crippen LogP contribution in [0.15, 0.2) is 42.5 Å². The highest BCUT2D eigenvalue weighted by molar-refractivity contribution is 6.09. The largest absolute Gasteiger partial charge is 0.461 e. The maximum Gasteiger partial charge on any atom is 0.356 e. The Balaban J connectivity index is 1.88. The molecule has 0 fully saturated rings. The number of carbonyl (C=O) groups excluding carboxylic acids is 1. The first kappa shape index (κ1) is 17.2. The van der Waals surface area contributed by atoms with E-state index in [1.807, 2.05) is 30.3 Å². The van der Waals surface area contributed by atoms with Gasteiger partial charge in [-0.15, -0.1) is 0 Å². The fourth-order valence-electron chi connectivity index (χ4n) is 3.66. The van der Waals surface area contributed by atoms with Gasteiger partial charge in [0, 0.05) is 33.6 Å². The zero-order chi connectivity index (χ0) is 19.0. The predicted molar refractivity (Wildman–Crippen MR) is 101 cm³/mol. The molecule has 0 saturated carbocycles. The number of nitro groups is 1. The summed E-state index contributed by atoms with van der Waals surface area (Å²) in [6, 6.07) is 8.95. The van der Waals surface area contributed by atoms with Crippen molar-refractivity contribution in [2.75, 3.05) is 6.61 Å². The molecule has 0 aliphatic heterocycles. The fourth-order valence-corrected chi connectivity index (χ4v) is 3.66. The highest BCUT2D eigenvalue weighted by Crippen LogP contribution is 2.35. The molecule has 1 N–H and O–H groups in total. The van der Waals surface area contributed by atoms with E-state index < -0.39 is 12.0 Å². The molecular formula is C20H19N3O4. The third-order valence-electron chi connectivity index (χ3n) is 4.97.